The summed E-state index contributed by atoms with van der Waals surface area (Å²) in [5.41, 5.74) is 1.24. The van der Waals surface area contributed by atoms with E-state index in [2.05, 4.69) is 29.3 Å². The van der Waals surface area contributed by atoms with Crippen molar-refractivity contribution in [2.45, 2.75) is 24.5 Å². The second kappa shape index (κ2) is 6.38. The van der Waals surface area contributed by atoms with Gasteiger partial charge in [-0.05, 0) is 11.5 Å². The normalized spacial score (nSPS) is 12.3. The van der Waals surface area contributed by atoms with Crippen molar-refractivity contribution in [3.8, 4) is 0 Å². The number of aromatic nitrogens is 3. The molecule has 1 N–H and O–H groups in total. The average molecular weight is 277 g/mol. The Hall–Kier alpha value is -1.82. The van der Waals surface area contributed by atoms with Gasteiger partial charge in [-0.15, -0.1) is 10.2 Å². The maximum absolute atomic E-state index is 10.6. The van der Waals surface area contributed by atoms with Gasteiger partial charge in [0.05, 0.1) is 5.75 Å². The zero-order valence-corrected chi connectivity index (χ0v) is 11.4. The quantitative estimate of drug-likeness (QED) is 0.820. The molecular weight excluding hydrogens is 262 g/mol. The number of carboxylic acids is 1. The Morgan fingerprint density at radius 3 is 2.84 bits per heavy atom. The monoisotopic (exact) mass is 277 g/mol. The summed E-state index contributed by atoms with van der Waals surface area (Å²) in [5, 5.41) is 17.1. The molecule has 100 valence electrons. The SMILES string of the molecule is CC(Cn1cnnc1SCC(=O)O)c1ccccc1. The lowest BCUT2D eigenvalue weighted by molar-refractivity contribution is -0.133. The van der Waals surface area contributed by atoms with Gasteiger partial charge in [-0.1, -0.05) is 49.0 Å². The summed E-state index contributed by atoms with van der Waals surface area (Å²) in [6, 6.07) is 10.2. The van der Waals surface area contributed by atoms with Crippen molar-refractivity contribution in [2.24, 2.45) is 0 Å². The van der Waals surface area contributed by atoms with Crippen LogP contribution in [0.15, 0.2) is 41.8 Å². The molecule has 0 amide bonds. The molecule has 1 aromatic heterocycles. The number of hydrogen-bond acceptors (Lipinski definition) is 4. The predicted octanol–water partition coefficient (Wildman–Crippen LogP) is 2.26. The van der Waals surface area contributed by atoms with Gasteiger partial charge >= 0.3 is 5.97 Å². The van der Waals surface area contributed by atoms with Gasteiger partial charge < -0.3 is 9.67 Å². The van der Waals surface area contributed by atoms with Gasteiger partial charge in [0.2, 0.25) is 0 Å². The van der Waals surface area contributed by atoms with Crippen molar-refractivity contribution in [3.63, 3.8) is 0 Å². The van der Waals surface area contributed by atoms with E-state index in [1.807, 2.05) is 22.8 Å². The molecule has 2 aromatic rings. The molecule has 0 saturated heterocycles. The van der Waals surface area contributed by atoms with Crippen molar-refractivity contribution in [2.75, 3.05) is 5.75 Å². The first-order valence-electron chi connectivity index (χ1n) is 5.94. The first-order chi connectivity index (χ1) is 9.16. The zero-order chi connectivity index (χ0) is 13.7. The second-order valence-corrected chi connectivity index (χ2v) is 5.20. The number of carbonyl (C=O) groups is 1. The summed E-state index contributed by atoms with van der Waals surface area (Å²) in [4.78, 5) is 10.6. The fourth-order valence-corrected chi connectivity index (χ4v) is 2.43. The summed E-state index contributed by atoms with van der Waals surface area (Å²) in [5.74, 6) is -0.532. The number of nitrogens with zero attached hydrogens (tertiary/aromatic N) is 3. The van der Waals surface area contributed by atoms with Crippen LogP contribution >= 0.6 is 11.8 Å². The van der Waals surface area contributed by atoms with Gasteiger partial charge in [0, 0.05) is 6.54 Å². The molecule has 6 heteroatoms. The molecule has 0 bridgehead atoms. The topological polar surface area (TPSA) is 68.0 Å². The molecular formula is C13H15N3O2S. The number of hydrogen-bond donors (Lipinski definition) is 1. The van der Waals surface area contributed by atoms with Crippen molar-refractivity contribution in [1.29, 1.82) is 0 Å². The molecule has 0 spiro atoms. The summed E-state index contributed by atoms with van der Waals surface area (Å²) < 4.78 is 1.89. The van der Waals surface area contributed by atoms with Gasteiger partial charge in [-0.25, -0.2) is 0 Å². The highest BCUT2D eigenvalue weighted by atomic mass is 32.2. The van der Waals surface area contributed by atoms with Crippen LogP contribution in [0, 0.1) is 0 Å². The van der Waals surface area contributed by atoms with E-state index in [1.165, 1.54) is 17.3 Å². The third-order valence-corrected chi connectivity index (χ3v) is 3.71. The van der Waals surface area contributed by atoms with Crippen LogP contribution in [-0.2, 0) is 11.3 Å². The Kier molecular flexibility index (Phi) is 4.57. The molecule has 0 radical (unpaired) electrons. The summed E-state index contributed by atoms with van der Waals surface area (Å²) in [6.07, 6.45) is 1.64. The van der Waals surface area contributed by atoms with E-state index in [-0.39, 0.29) is 5.75 Å². The molecule has 5 nitrogen and oxygen atoms in total. The second-order valence-electron chi connectivity index (χ2n) is 4.26. The molecule has 1 heterocycles. The number of carboxylic acid groups (broad SMARTS) is 1. The van der Waals surface area contributed by atoms with Gasteiger partial charge in [0.25, 0.3) is 0 Å². The third kappa shape index (κ3) is 3.82. The summed E-state index contributed by atoms with van der Waals surface area (Å²) in [7, 11) is 0. The largest absolute Gasteiger partial charge is 0.481 e. The van der Waals surface area contributed by atoms with Gasteiger partial charge in [-0.2, -0.15) is 0 Å². The minimum atomic E-state index is -0.851. The van der Waals surface area contributed by atoms with E-state index in [9.17, 15) is 4.79 Å². The van der Waals surface area contributed by atoms with Gasteiger partial charge in [0.15, 0.2) is 5.16 Å². The van der Waals surface area contributed by atoms with Crippen LogP contribution in [0.5, 0.6) is 0 Å². The lowest BCUT2D eigenvalue weighted by Crippen LogP contribution is -2.08. The number of thioether (sulfide) groups is 1. The highest BCUT2D eigenvalue weighted by molar-refractivity contribution is 7.99. The molecule has 1 unspecified atom stereocenters. The average Bonchev–Trinajstić information content (AvgIpc) is 2.84. The number of benzene rings is 1. The van der Waals surface area contributed by atoms with Crippen LogP contribution < -0.4 is 0 Å². The molecule has 19 heavy (non-hydrogen) atoms. The first-order valence-corrected chi connectivity index (χ1v) is 6.92. The van der Waals surface area contributed by atoms with Gasteiger partial charge in [0.1, 0.15) is 6.33 Å². The molecule has 0 fully saturated rings. The highest BCUT2D eigenvalue weighted by Gasteiger charge is 2.11. The third-order valence-electron chi connectivity index (χ3n) is 2.74. The molecule has 0 aliphatic rings. The van der Waals surface area contributed by atoms with E-state index in [1.54, 1.807) is 6.33 Å². The maximum atomic E-state index is 10.6. The van der Waals surface area contributed by atoms with Crippen LogP contribution in [-0.4, -0.2) is 31.6 Å². The Bertz CT molecular complexity index is 542. The standard InChI is InChI=1S/C13H15N3O2S/c1-10(11-5-3-2-4-6-11)7-16-9-14-15-13(16)19-8-12(17)18/h2-6,9-10H,7-8H2,1H3,(H,17,18). The Labute approximate surface area is 115 Å². The van der Waals surface area contributed by atoms with Crippen LogP contribution in [0.1, 0.15) is 18.4 Å². The predicted molar refractivity (Wildman–Crippen MR) is 73.2 cm³/mol. The maximum Gasteiger partial charge on any atom is 0.313 e. The Morgan fingerprint density at radius 1 is 1.42 bits per heavy atom. The zero-order valence-electron chi connectivity index (χ0n) is 10.6. The molecule has 1 atom stereocenters. The minimum Gasteiger partial charge on any atom is -0.481 e. The van der Waals surface area contributed by atoms with Crippen LogP contribution in [0.25, 0.3) is 0 Å². The molecule has 2 rings (SSSR count). The van der Waals surface area contributed by atoms with E-state index in [0.717, 1.165) is 6.54 Å². The van der Waals surface area contributed by atoms with Crippen LogP contribution in [0.3, 0.4) is 0 Å². The lowest BCUT2D eigenvalue weighted by Gasteiger charge is -2.13. The smallest absolute Gasteiger partial charge is 0.313 e. The first kappa shape index (κ1) is 13.6. The molecule has 1 aromatic carbocycles. The summed E-state index contributed by atoms with van der Waals surface area (Å²) in [6.45, 7) is 2.86. The highest BCUT2D eigenvalue weighted by Crippen LogP contribution is 2.20. The van der Waals surface area contributed by atoms with Gasteiger partial charge in [-0.3, -0.25) is 4.79 Å². The summed E-state index contributed by atoms with van der Waals surface area (Å²) >= 11 is 1.19. The number of aliphatic carboxylic acids is 1. The Morgan fingerprint density at radius 2 is 2.16 bits per heavy atom. The van der Waals surface area contributed by atoms with Crippen LogP contribution in [0.2, 0.25) is 0 Å². The molecule has 0 saturated carbocycles. The molecule has 0 aliphatic heterocycles. The fourth-order valence-electron chi connectivity index (χ4n) is 1.79. The minimum absolute atomic E-state index is 0.00158. The van der Waals surface area contributed by atoms with Crippen molar-refractivity contribution >= 4 is 17.7 Å². The van der Waals surface area contributed by atoms with E-state index in [4.69, 9.17) is 5.11 Å². The Balaban J connectivity index is 2.03. The van der Waals surface area contributed by atoms with Crippen molar-refractivity contribution in [1.82, 2.24) is 14.8 Å². The molecule has 0 aliphatic carbocycles. The van der Waals surface area contributed by atoms with Crippen molar-refractivity contribution < 1.29 is 9.90 Å². The van der Waals surface area contributed by atoms with E-state index < -0.39 is 5.97 Å². The van der Waals surface area contributed by atoms with Crippen molar-refractivity contribution in [3.05, 3.63) is 42.2 Å². The van der Waals surface area contributed by atoms with E-state index >= 15 is 0 Å². The fraction of sp³-hybridized carbons (Fsp3) is 0.308. The van der Waals surface area contributed by atoms with E-state index in [0.29, 0.717) is 11.1 Å². The van der Waals surface area contributed by atoms with Crippen LogP contribution in [0.4, 0.5) is 0 Å². The number of rotatable bonds is 6. The lowest BCUT2D eigenvalue weighted by atomic mass is 10.0.